The Morgan fingerprint density at radius 2 is 1.62 bits per heavy atom. The van der Waals surface area contributed by atoms with Gasteiger partial charge in [-0.15, -0.1) is 0 Å². The van der Waals surface area contributed by atoms with Gasteiger partial charge < -0.3 is 18.3 Å². The SMILES string of the molecule is CC1(C(=O)Oc2ccco2)CCC(C(=O)Oc2ccco2)C1(C)C. The highest BCUT2D eigenvalue weighted by Crippen LogP contribution is 2.56. The molecular weight excluding hydrogens is 312 g/mol. The maximum Gasteiger partial charge on any atom is 0.320 e. The first kappa shape index (κ1) is 16.4. The molecule has 3 rings (SSSR count). The van der Waals surface area contributed by atoms with Gasteiger partial charge in [-0.25, -0.2) is 0 Å². The van der Waals surface area contributed by atoms with E-state index in [1.54, 1.807) is 24.3 Å². The number of hydrogen-bond acceptors (Lipinski definition) is 6. The number of furan rings is 2. The maximum absolute atomic E-state index is 12.7. The summed E-state index contributed by atoms with van der Waals surface area (Å²) in [6.07, 6.45) is 3.94. The van der Waals surface area contributed by atoms with Crippen molar-refractivity contribution >= 4 is 11.9 Å². The van der Waals surface area contributed by atoms with Crippen molar-refractivity contribution in [2.45, 2.75) is 33.6 Å². The van der Waals surface area contributed by atoms with E-state index in [-0.39, 0.29) is 11.9 Å². The van der Waals surface area contributed by atoms with Crippen molar-refractivity contribution in [3.63, 3.8) is 0 Å². The largest absolute Gasteiger partial charge is 0.434 e. The van der Waals surface area contributed by atoms with E-state index in [2.05, 4.69) is 0 Å². The van der Waals surface area contributed by atoms with Gasteiger partial charge in [0.05, 0.1) is 23.9 Å². The van der Waals surface area contributed by atoms with Gasteiger partial charge in [-0.05, 0) is 37.3 Å². The highest BCUT2D eigenvalue weighted by molar-refractivity contribution is 5.83. The van der Waals surface area contributed by atoms with E-state index < -0.39 is 28.7 Å². The molecule has 0 N–H and O–H groups in total. The van der Waals surface area contributed by atoms with E-state index in [4.69, 9.17) is 18.3 Å². The predicted octanol–water partition coefficient (Wildman–Crippen LogP) is 3.83. The smallest absolute Gasteiger partial charge is 0.320 e. The van der Waals surface area contributed by atoms with Gasteiger partial charge in [-0.2, -0.15) is 0 Å². The van der Waals surface area contributed by atoms with E-state index >= 15 is 0 Å². The summed E-state index contributed by atoms with van der Waals surface area (Å²) in [6, 6.07) is 6.44. The molecule has 0 saturated heterocycles. The molecule has 1 aliphatic rings. The molecule has 128 valence electrons. The molecule has 0 aliphatic heterocycles. The molecule has 6 nitrogen and oxygen atoms in total. The van der Waals surface area contributed by atoms with E-state index in [0.717, 1.165) is 0 Å². The number of esters is 2. The van der Waals surface area contributed by atoms with E-state index in [1.807, 2.05) is 20.8 Å². The van der Waals surface area contributed by atoms with Crippen molar-refractivity contribution in [1.29, 1.82) is 0 Å². The molecule has 0 amide bonds. The van der Waals surface area contributed by atoms with Gasteiger partial charge in [-0.3, -0.25) is 9.59 Å². The third kappa shape index (κ3) is 2.62. The van der Waals surface area contributed by atoms with Crippen molar-refractivity contribution in [3.8, 4) is 11.9 Å². The summed E-state index contributed by atoms with van der Waals surface area (Å²) in [5, 5.41) is 0. The average Bonchev–Trinajstić information content (AvgIpc) is 3.23. The lowest BCUT2D eigenvalue weighted by Crippen LogP contribution is -2.45. The number of ether oxygens (including phenoxy) is 2. The molecule has 0 aromatic carbocycles. The van der Waals surface area contributed by atoms with E-state index in [9.17, 15) is 9.59 Å². The fourth-order valence-corrected chi connectivity index (χ4v) is 3.30. The molecule has 0 radical (unpaired) electrons. The quantitative estimate of drug-likeness (QED) is 0.792. The monoisotopic (exact) mass is 332 g/mol. The van der Waals surface area contributed by atoms with Crippen LogP contribution in [0, 0.1) is 16.7 Å². The van der Waals surface area contributed by atoms with Gasteiger partial charge in [0.1, 0.15) is 0 Å². The molecule has 24 heavy (non-hydrogen) atoms. The van der Waals surface area contributed by atoms with E-state index in [0.29, 0.717) is 12.8 Å². The van der Waals surface area contributed by atoms with Crippen LogP contribution in [0.4, 0.5) is 0 Å². The lowest BCUT2D eigenvalue weighted by atomic mass is 9.65. The van der Waals surface area contributed by atoms with Crippen molar-refractivity contribution in [1.82, 2.24) is 0 Å². The fraction of sp³-hybridized carbons (Fsp3) is 0.444. The van der Waals surface area contributed by atoms with Crippen molar-refractivity contribution in [2.75, 3.05) is 0 Å². The molecule has 2 unspecified atom stereocenters. The number of carbonyl (C=O) groups excluding carboxylic acids is 2. The van der Waals surface area contributed by atoms with Gasteiger partial charge in [0, 0.05) is 12.1 Å². The Morgan fingerprint density at radius 1 is 1.04 bits per heavy atom. The van der Waals surface area contributed by atoms with E-state index in [1.165, 1.54) is 12.5 Å². The zero-order valence-electron chi connectivity index (χ0n) is 13.9. The normalized spacial score (nSPS) is 25.4. The molecule has 0 bridgehead atoms. The Labute approximate surface area is 139 Å². The number of hydrogen-bond donors (Lipinski definition) is 0. The highest BCUT2D eigenvalue weighted by Gasteiger charge is 2.59. The van der Waals surface area contributed by atoms with Crippen LogP contribution in [0.5, 0.6) is 11.9 Å². The minimum Gasteiger partial charge on any atom is -0.434 e. The van der Waals surface area contributed by atoms with Gasteiger partial charge in [0.15, 0.2) is 0 Å². The number of rotatable bonds is 4. The van der Waals surface area contributed by atoms with Crippen LogP contribution in [-0.4, -0.2) is 11.9 Å². The molecule has 2 heterocycles. The summed E-state index contributed by atoms with van der Waals surface area (Å²) in [5.74, 6) is -0.932. The first-order chi connectivity index (χ1) is 11.3. The Balaban J connectivity index is 1.76. The number of carbonyl (C=O) groups is 2. The predicted molar refractivity (Wildman–Crippen MR) is 83.3 cm³/mol. The summed E-state index contributed by atoms with van der Waals surface area (Å²) in [7, 11) is 0. The zero-order chi connectivity index (χ0) is 17.4. The van der Waals surface area contributed by atoms with Crippen LogP contribution in [0.15, 0.2) is 45.6 Å². The van der Waals surface area contributed by atoms with Gasteiger partial charge in [-0.1, -0.05) is 13.8 Å². The van der Waals surface area contributed by atoms with Crippen LogP contribution in [0.1, 0.15) is 33.6 Å². The molecule has 2 aromatic rings. The van der Waals surface area contributed by atoms with Crippen LogP contribution in [0.2, 0.25) is 0 Å². The minimum atomic E-state index is -0.827. The van der Waals surface area contributed by atoms with Crippen molar-refractivity contribution < 1.29 is 27.9 Å². The highest BCUT2D eigenvalue weighted by atomic mass is 16.6. The first-order valence-electron chi connectivity index (χ1n) is 7.85. The lowest BCUT2D eigenvalue weighted by Gasteiger charge is -2.38. The molecular formula is C18H20O6. The van der Waals surface area contributed by atoms with Crippen LogP contribution < -0.4 is 9.47 Å². The van der Waals surface area contributed by atoms with Crippen LogP contribution >= 0.6 is 0 Å². The topological polar surface area (TPSA) is 78.9 Å². The third-order valence-corrected chi connectivity index (χ3v) is 5.35. The molecule has 1 aliphatic carbocycles. The summed E-state index contributed by atoms with van der Waals surface area (Å²) < 4.78 is 20.7. The second-order valence-corrected chi connectivity index (χ2v) is 6.82. The Bertz CT molecular complexity index is 713. The standard InChI is InChI=1S/C18H20O6/c1-17(2)12(15(19)23-13-6-4-10-21-13)8-9-18(17,3)16(20)24-14-7-5-11-22-14/h4-7,10-12H,8-9H2,1-3H3. The summed E-state index contributed by atoms with van der Waals surface area (Å²) in [5.41, 5.74) is -1.47. The third-order valence-electron chi connectivity index (χ3n) is 5.35. The van der Waals surface area contributed by atoms with Crippen LogP contribution in [-0.2, 0) is 9.59 Å². The fourth-order valence-electron chi connectivity index (χ4n) is 3.30. The van der Waals surface area contributed by atoms with Crippen LogP contribution in [0.3, 0.4) is 0 Å². The maximum atomic E-state index is 12.7. The van der Waals surface area contributed by atoms with Gasteiger partial charge in [0.2, 0.25) is 0 Å². The van der Waals surface area contributed by atoms with Gasteiger partial charge in [0.25, 0.3) is 11.9 Å². The van der Waals surface area contributed by atoms with Crippen molar-refractivity contribution in [3.05, 3.63) is 36.8 Å². The minimum absolute atomic E-state index is 0.152. The van der Waals surface area contributed by atoms with Crippen LogP contribution in [0.25, 0.3) is 0 Å². The first-order valence-corrected chi connectivity index (χ1v) is 7.85. The molecule has 1 saturated carbocycles. The van der Waals surface area contributed by atoms with Gasteiger partial charge >= 0.3 is 11.9 Å². The second kappa shape index (κ2) is 5.85. The van der Waals surface area contributed by atoms with Crippen molar-refractivity contribution in [2.24, 2.45) is 16.7 Å². The molecule has 2 aromatic heterocycles. The lowest BCUT2D eigenvalue weighted by molar-refractivity contribution is -0.155. The molecule has 2 atom stereocenters. The Morgan fingerprint density at radius 3 is 2.17 bits per heavy atom. The zero-order valence-corrected chi connectivity index (χ0v) is 13.9. The molecule has 1 fully saturated rings. The Kier molecular flexibility index (Phi) is 3.99. The summed E-state index contributed by atoms with van der Waals surface area (Å²) in [4.78, 5) is 25.2. The molecule has 0 spiro atoms. The second-order valence-electron chi connectivity index (χ2n) is 6.82. The molecule has 6 heteroatoms. The Hall–Kier alpha value is -2.50. The summed E-state index contributed by atoms with van der Waals surface area (Å²) >= 11 is 0. The average molecular weight is 332 g/mol. The summed E-state index contributed by atoms with van der Waals surface area (Å²) in [6.45, 7) is 5.59.